The second-order valence-electron chi connectivity index (χ2n) is 9.54. The highest BCUT2D eigenvalue weighted by molar-refractivity contribution is 5.88. The maximum absolute atomic E-state index is 5.36. The molecule has 0 saturated carbocycles. The molecule has 2 aliphatic heterocycles. The molecule has 0 amide bonds. The quantitative estimate of drug-likeness (QED) is 0.748. The molecule has 172 valence electrons. The fraction of sp³-hybridized carbons (Fsp3) is 0.600. The fourth-order valence-corrected chi connectivity index (χ4v) is 5.35. The maximum Gasteiger partial charge on any atom is 0.209 e. The van der Waals surface area contributed by atoms with Gasteiger partial charge in [0.15, 0.2) is 0 Å². The van der Waals surface area contributed by atoms with Crippen molar-refractivity contribution in [2.45, 2.75) is 71.1 Å². The molecule has 32 heavy (non-hydrogen) atoms. The van der Waals surface area contributed by atoms with Crippen molar-refractivity contribution < 1.29 is 1.43 Å². The van der Waals surface area contributed by atoms with Crippen LogP contribution in [0.4, 0.5) is 5.82 Å². The largest absolute Gasteiger partial charge is 0.374 e. The van der Waals surface area contributed by atoms with Gasteiger partial charge >= 0.3 is 0 Å². The molecule has 1 aliphatic carbocycles. The highest BCUT2D eigenvalue weighted by atomic mass is 15.5. The molecule has 1 saturated heterocycles. The average molecular weight is 436 g/mol. The molecule has 3 aliphatic rings. The van der Waals surface area contributed by atoms with Gasteiger partial charge in [-0.15, -0.1) is 10.2 Å². The van der Waals surface area contributed by atoms with E-state index >= 15 is 0 Å². The van der Waals surface area contributed by atoms with Crippen LogP contribution in [0.2, 0.25) is 0 Å². The van der Waals surface area contributed by atoms with Crippen LogP contribution in [0.3, 0.4) is 0 Å². The Bertz CT molecular complexity index is 1010. The van der Waals surface area contributed by atoms with Gasteiger partial charge in [-0.3, -0.25) is 0 Å². The Labute approximate surface area is 192 Å². The Kier molecular flexibility index (Phi) is 6.23. The van der Waals surface area contributed by atoms with Crippen LogP contribution in [0.25, 0.3) is 17.1 Å². The summed E-state index contributed by atoms with van der Waals surface area (Å²) in [7, 11) is 2.22. The van der Waals surface area contributed by atoms with Gasteiger partial charge in [-0.2, -0.15) is 5.21 Å². The van der Waals surface area contributed by atoms with E-state index in [1.807, 2.05) is 0 Å². The number of fused-ring (bicyclic) bond motifs is 1. The van der Waals surface area contributed by atoms with Crippen LogP contribution in [0, 0.1) is 0 Å². The molecule has 5 rings (SSSR count). The zero-order valence-electron chi connectivity index (χ0n) is 19.5. The first kappa shape index (κ1) is 21.2. The molecule has 7 heteroatoms. The summed E-state index contributed by atoms with van der Waals surface area (Å²) >= 11 is 0. The van der Waals surface area contributed by atoms with Crippen molar-refractivity contribution >= 4 is 11.5 Å². The minimum atomic E-state index is 0. The molecule has 0 radical (unpaired) electrons. The number of nitrogens with zero attached hydrogens (tertiary/aromatic N) is 6. The van der Waals surface area contributed by atoms with Gasteiger partial charge in [0.1, 0.15) is 5.82 Å². The van der Waals surface area contributed by atoms with Gasteiger partial charge in [-0.25, -0.2) is 4.98 Å². The molecule has 2 aromatic heterocycles. The summed E-state index contributed by atoms with van der Waals surface area (Å²) < 4.78 is 0. The standard InChI is InChI=1S/C25H35N7.H2/c1-18-12-13-21(31(2)17-14-18)22-19-10-6-3-4-7-11-20(19)26-25(32-15-8-5-9-16-32)23(22)24-27-29-30-28-24;/h12-13H,3-11,14-17H2,1-2H3,(H,27,28,29,30);1H. The molecule has 4 heterocycles. The summed E-state index contributed by atoms with van der Waals surface area (Å²) in [5, 5.41) is 15.6. The number of pyridine rings is 1. The number of hydrogen-bond acceptors (Lipinski definition) is 6. The highest BCUT2D eigenvalue weighted by Gasteiger charge is 2.30. The molecule has 0 spiro atoms. The Hall–Kier alpha value is -2.70. The number of nitrogens with one attached hydrogen (secondary N) is 1. The predicted molar refractivity (Wildman–Crippen MR) is 130 cm³/mol. The van der Waals surface area contributed by atoms with E-state index in [1.165, 1.54) is 73.0 Å². The van der Waals surface area contributed by atoms with Crippen LogP contribution in [0.5, 0.6) is 0 Å². The van der Waals surface area contributed by atoms with E-state index in [1.54, 1.807) is 0 Å². The van der Waals surface area contributed by atoms with Gasteiger partial charge in [0.05, 0.1) is 5.56 Å². The number of tetrazole rings is 1. The van der Waals surface area contributed by atoms with Gasteiger partial charge in [-0.05, 0) is 75.1 Å². The van der Waals surface area contributed by atoms with Crippen molar-refractivity contribution in [2.75, 3.05) is 31.6 Å². The van der Waals surface area contributed by atoms with Crippen molar-refractivity contribution in [3.63, 3.8) is 0 Å². The molecule has 0 atom stereocenters. The Balaban J connectivity index is 0.00000259. The number of allylic oxidation sites excluding steroid dienone is 2. The smallest absolute Gasteiger partial charge is 0.209 e. The number of aryl methyl sites for hydroxylation is 1. The molecule has 7 nitrogen and oxygen atoms in total. The van der Waals surface area contributed by atoms with Crippen LogP contribution in [0.15, 0.2) is 17.7 Å². The Morgan fingerprint density at radius 2 is 1.66 bits per heavy atom. The number of H-pyrrole nitrogens is 1. The van der Waals surface area contributed by atoms with Crippen molar-refractivity contribution in [2.24, 2.45) is 0 Å². The molecule has 0 bridgehead atoms. The minimum absolute atomic E-state index is 0. The normalized spacial score (nSPS) is 20.1. The zero-order valence-corrected chi connectivity index (χ0v) is 19.5. The summed E-state index contributed by atoms with van der Waals surface area (Å²) in [6.45, 7) is 5.33. The van der Waals surface area contributed by atoms with Crippen molar-refractivity contribution in [3.05, 3.63) is 34.5 Å². The first-order chi connectivity index (χ1) is 15.7. The van der Waals surface area contributed by atoms with Gasteiger partial charge in [-0.1, -0.05) is 24.5 Å². The first-order valence-electron chi connectivity index (χ1n) is 12.4. The lowest BCUT2D eigenvalue weighted by atomic mass is 9.88. The SMILES string of the molecule is CC1=CC=C(c2c3c(nc(N4CCCCC4)c2-c2nn[nH]n2)CCCCCC3)N(C)CC1.[HH]. The van der Waals surface area contributed by atoms with E-state index in [4.69, 9.17) is 4.98 Å². The zero-order chi connectivity index (χ0) is 21.9. The summed E-state index contributed by atoms with van der Waals surface area (Å²) in [5.41, 5.74) is 7.71. The average Bonchev–Trinajstić information content (AvgIpc) is 3.27. The minimum Gasteiger partial charge on any atom is -0.374 e. The van der Waals surface area contributed by atoms with Gasteiger partial charge in [0.2, 0.25) is 5.82 Å². The lowest BCUT2D eigenvalue weighted by Crippen LogP contribution is -2.32. The topological polar surface area (TPSA) is 73.8 Å². The number of rotatable bonds is 3. The molecule has 2 aromatic rings. The van der Waals surface area contributed by atoms with Crippen molar-refractivity contribution in [1.82, 2.24) is 30.5 Å². The van der Waals surface area contributed by atoms with Crippen molar-refractivity contribution in [3.8, 4) is 11.4 Å². The van der Waals surface area contributed by atoms with Crippen LogP contribution < -0.4 is 4.90 Å². The van der Waals surface area contributed by atoms with Gasteiger partial charge in [0.25, 0.3) is 0 Å². The van der Waals surface area contributed by atoms with Gasteiger partial charge < -0.3 is 9.80 Å². The highest BCUT2D eigenvalue weighted by Crippen LogP contribution is 2.41. The third kappa shape index (κ3) is 4.17. The predicted octanol–water partition coefficient (Wildman–Crippen LogP) is 4.78. The van der Waals surface area contributed by atoms with Crippen molar-refractivity contribution in [1.29, 1.82) is 0 Å². The third-order valence-electron chi connectivity index (χ3n) is 7.21. The van der Waals surface area contributed by atoms with Crippen LogP contribution in [-0.4, -0.2) is 57.2 Å². The van der Waals surface area contributed by atoms with E-state index < -0.39 is 0 Å². The Morgan fingerprint density at radius 1 is 0.875 bits per heavy atom. The maximum atomic E-state index is 5.36. The third-order valence-corrected chi connectivity index (χ3v) is 7.21. The molecule has 0 unspecified atom stereocenters. The Morgan fingerprint density at radius 3 is 2.44 bits per heavy atom. The van der Waals surface area contributed by atoms with E-state index in [9.17, 15) is 0 Å². The summed E-state index contributed by atoms with van der Waals surface area (Å²) in [6.07, 6.45) is 16.5. The van der Waals surface area contributed by atoms with Crippen LogP contribution in [-0.2, 0) is 12.8 Å². The number of anilines is 1. The molecular formula is C25H37N7. The van der Waals surface area contributed by atoms with E-state index in [0.29, 0.717) is 5.82 Å². The summed E-state index contributed by atoms with van der Waals surface area (Å²) in [6, 6.07) is 0. The number of hydrogen-bond donors (Lipinski definition) is 1. The second-order valence-corrected chi connectivity index (χ2v) is 9.54. The van der Waals surface area contributed by atoms with E-state index in [2.05, 4.69) is 56.5 Å². The first-order valence-corrected chi connectivity index (χ1v) is 12.4. The molecule has 1 fully saturated rings. The molecular weight excluding hydrogens is 398 g/mol. The van der Waals surface area contributed by atoms with Crippen LogP contribution in [0.1, 0.15) is 76.5 Å². The second kappa shape index (κ2) is 9.43. The lowest BCUT2D eigenvalue weighted by molar-refractivity contribution is 0.485. The molecule has 1 N–H and O–H groups in total. The number of piperidine rings is 1. The molecule has 0 aromatic carbocycles. The van der Waals surface area contributed by atoms with E-state index in [-0.39, 0.29) is 1.43 Å². The van der Waals surface area contributed by atoms with Crippen LogP contribution >= 0.6 is 0 Å². The van der Waals surface area contributed by atoms with E-state index in [0.717, 1.165) is 50.3 Å². The summed E-state index contributed by atoms with van der Waals surface area (Å²) in [4.78, 5) is 10.2. The fourth-order valence-electron chi connectivity index (χ4n) is 5.35. The monoisotopic (exact) mass is 435 g/mol. The lowest BCUT2D eigenvalue weighted by Gasteiger charge is -2.33. The number of aromatic nitrogens is 5. The number of aromatic amines is 1. The summed E-state index contributed by atoms with van der Waals surface area (Å²) in [5.74, 6) is 1.72. The van der Waals surface area contributed by atoms with Gasteiger partial charge in [0, 0.05) is 45.1 Å².